The molecule has 1 fully saturated rings. The zero-order valence-electron chi connectivity index (χ0n) is 10.1. The molecule has 6 heteroatoms. The highest BCUT2D eigenvalue weighted by Crippen LogP contribution is 2.30. The van der Waals surface area contributed by atoms with Gasteiger partial charge in [0.1, 0.15) is 5.82 Å². The number of carbonyl (C=O) groups excluding carboxylic acids is 1. The molecule has 1 saturated carbocycles. The average Bonchev–Trinajstić information content (AvgIpc) is 3.10. The minimum absolute atomic E-state index is 0.157. The molecule has 0 bridgehead atoms. The molecule has 1 aromatic rings. The number of carbonyl (C=O) groups is 1. The van der Waals surface area contributed by atoms with E-state index in [4.69, 9.17) is 0 Å². The highest BCUT2D eigenvalue weighted by Gasteiger charge is 2.38. The average molecular weight is 275 g/mol. The second-order valence-corrected chi connectivity index (χ2v) is 4.65. The fraction of sp³-hybridized carbons (Fsp3) is 0.462. The molecule has 0 amide bonds. The van der Waals surface area contributed by atoms with Crippen molar-refractivity contribution in [3.63, 3.8) is 0 Å². The van der Waals surface area contributed by atoms with Crippen LogP contribution >= 0.6 is 0 Å². The summed E-state index contributed by atoms with van der Waals surface area (Å²) >= 11 is 0. The third-order valence-electron chi connectivity index (χ3n) is 2.97. The Balaban J connectivity index is 2.05. The topological polar surface area (TPSA) is 20.3 Å². The molecule has 1 aliphatic carbocycles. The summed E-state index contributed by atoms with van der Waals surface area (Å²) in [7, 11) is 0. The van der Waals surface area contributed by atoms with E-state index in [0.29, 0.717) is 12.8 Å². The molecule has 0 unspecified atom stereocenters. The van der Waals surface area contributed by atoms with E-state index in [-0.39, 0.29) is 11.6 Å². The fourth-order valence-corrected chi connectivity index (χ4v) is 1.94. The Bertz CT molecular complexity index is 468. The number of benzene rings is 1. The number of halogens is 4. The highest BCUT2D eigenvalue weighted by atomic mass is 19.4. The predicted molar refractivity (Wildman–Crippen MR) is 61.4 cm³/mol. The van der Waals surface area contributed by atoms with E-state index in [1.807, 2.05) is 0 Å². The summed E-state index contributed by atoms with van der Waals surface area (Å²) in [5.41, 5.74) is -0.157. The molecule has 19 heavy (non-hydrogen) atoms. The van der Waals surface area contributed by atoms with Crippen LogP contribution in [-0.2, 0) is 0 Å². The van der Waals surface area contributed by atoms with Gasteiger partial charge in [-0.15, -0.1) is 0 Å². The molecule has 0 aliphatic heterocycles. The number of hydrogen-bond acceptors (Lipinski definition) is 2. The standard InChI is InChI=1S/C13H13F4NO/c14-11-4-2-1-3-10(11)12(19)7-18(9-5-6-9)8-13(15,16)17/h1-4,9H,5-8H2. The van der Waals surface area contributed by atoms with Gasteiger partial charge < -0.3 is 0 Å². The van der Waals surface area contributed by atoms with Crippen molar-refractivity contribution < 1.29 is 22.4 Å². The van der Waals surface area contributed by atoms with Crippen LogP contribution in [0.2, 0.25) is 0 Å². The number of nitrogens with zero attached hydrogens (tertiary/aromatic N) is 1. The van der Waals surface area contributed by atoms with Gasteiger partial charge >= 0.3 is 6.18 Å². The molecule has 2 nitrogen and oxygen atoms in total. The zero-order valence-corrected chi connectivity index (χ0v) is 10.1. The Kier molecular flexibility index (Phi) is 3.89. The summed E-state index contributed by atoms with van der Waals surface area (Å²) in [5, 5.41) is 0. The zero-order chi connectivity index (χ0) is 14.0. The van der Waals surface area contributed by atoms with Gasteiger partial charge in [0.05, 0.1) is 18.7 Å². The van der Waals surface area contributed by atoms with Crippen LogP contribution in [0.15, 0.2) is 24.3 Å². The van der Waals surface area contributed by atoms with Gasteiger partial charge in [0, 0.05) is 6.04 Å². The minimum Gasteiger partial charge on any atom is -0.293 e. The first kappa shape index (κ1) is 14.0. The van der Waals surface area contributed by atoms with E-state index < -0.39 is 30.9 Å². The fourth-order valence-electron chi connectivity index (χ4n) is 1.94. The lowest BCUT2D eigenvalue weighted by Crippen LogP contribution is -2.39. The maximum Gasteiger partial charge on any atom is 0.401 e. The second kappa shape index (κ2) is 5.28. The van der Waals surface area contributed by atoms with Crippen molar-refractivity contribution in [2.45, 2.75) is 25.1 Å². The predicted octanol–water partition coefficient (Wildman–Crippen LogP) is 3.04. The van der Waals surface area contributed by atoms with Crippen LogP contribution < -0.4 is 0 Å². The van der Waals surface area contributed by atoms with Crippen LogP contribution in [0.4, 0.5) is 17.6 Å². The molecule has 2 rings (SSSR count). The van der Waals surface area contributed by atoms with Crippen LogP contribution in [0.5, 0.6) is 0 Å². The van der Waals surface area contributed by atoms with E-state index in [1.165, 1.54) is 18.2 Å². The van der Waals surface area contributed by atoms with E-state index >= 15 is 0 Å². The van der Waals surface area contributed by atoms with E-state index in [2.05, 4.69) is 0 Å². The van der Waals surface area contributed by atoms with E-state index in [0.717, 1.165) is 11.0 Å². The Hall–Kier alpha value is -1.43. The highest BCUT2D eigenvalue weighted by molar-refractivity contribution is 5.97. The third kappa shape index (κ3) is 4.02. The van der Waals surface area contributed by atoms with Gasteiger partial charge in [0.2, 0.25) is 0 Å². The van der Waals surface area contributed by atoms with E-state index in [1.54, 1.807) is 0 Å². The lowest BCUT2D eigenvalue weighted by atomic mass is 10.1. The molecule has 0 saturated heterocycles. The first-order valence-electron chi connectivity index (χ1n) is 5.95. The van der Waals surface area contributed by atoms with Crippen LogP contribution in [0.25, 0.3) is 0 Å². The number of hydrogen-bond donors (Lipinski definition) is 0. The van der Waals surface area contributed by atoms with Gasteiger partial charge in [0.25, 0.3) is 0 Å². The number of Topliss-reactive ketones (excluding diaryl/α,β-unsaturated/α-hetero) is 1. The molecule has 1 aromatic carbocycles. The molecule has 0 aromatic heterocycles. The first-order valence-corrected chi connectivity index (χ1v) is 5.95. The summed E-state index contributed by atoms with van der Waals surface area (Å²) in [4.78, 5) is 12.9. The third-order valence-corrected chi connectivity index (χ3v) is 2.97. The first-order chi connectivity index (χ1) is 8.87. The molecule has 0 atom stereocenters. The lowest BCUT2D eigenvalue weighted by molar-refractivity contribution is -0.145. The number of alkyl halides is 3. The van der Waals surface area contributed by atoms with Crippen LogP contribution in [0.3, 0.4) is 0 Å². The van der Waals surface area contributed by atoms with Crippen molar-refractivity contribution in [1.29, 1.82) is 0 Å². The van der Waals surface area contributed by atoms with Crippen LogP contribution in [0, 0.1) is 5.82 Å². The molecule has 0 spiro atoms. The Labute approximate surface area is 108 Å². The van der Waals surface area contributed by atoms with Gasteiger partial charge in [-0.1, -0.05) is 12.1 Å². The molecular weight excluding hydrogens is 262 g/mol. The molecule has 1 aliphatic rings. The van der Waals surface area contributed by atoms with Gasteiger partial charge in [0.15, 0.2) is 5.78 Å². The van der Waals surface area contributed by atoms with Gasteiger partial charge in [-0.3, -0.25) is 9.69 Å². The quantitative estimate of drug-likeness (QED) is 0.608. The van der Waals surface area contributed by atoms with Crippen molar-refractivity contribution in [2.24, 2.45) is 0 Å². The second-order valence-electron chi connectivity index (χ2n) is 4.65. The molecule has 104 valence electrons. The van der Waals surface area contributed by atoms with Crippen molar-refractivity contribution in [3.05, 3.63) is 35.6 Å². The molecule has 0 heterocycles. The largest absolute Gasteiger partial charge is 0.401 e. The summed E-state index contributed by atoms with van der Waals surface area (Å²) in [6.07, 6.45) is -3.04. The van der Waals surface area contributed by atoms with Crippen molar-refractivity contribution in [2.75, 3.05) is 13.1 Å². The SMILES string of the molecule is O=C(CN(CC(F)(F)F)C1CC1)c1ccccc1F. The van der Waals surface area contributed by atoms with Crippen LogP contribution in [-0.4, -0.2) is 36.0 Å². The lowest BCUT2D eigenvalue weighted by Gasteiger charge is -2.22. The van der Waals surface area contributed by atoms with Crippen LogP contribution in [0.1, 0.15) is 23.2 Å². The van der Waals surface area contributed by atoms with Crippen molar-refractivity contribution >= 4 is 5.78 Å². The summed E-state index contributed by atoms with van der Waals surface area (Å²) in [5.74, 6) is -1.32. The van der Waals surface area contributed by atoms with Gasteiger partial charge in [-0.2, -0.15) is 13.2 Å². The Morgan fingerprint density at radius 1 is 1.26 bits per heavy atom. The Morgan fingerprint density at radius 2 is 1.89 bits per heavy atom. The maximum atomic E-state index is 13.4. The monoisotopic (exact) mass is 275 g/mol. The summed E-state index contributed by atoms with van der Waals surface area (Å²) in [6, 6.07) is 5.12. The molecule has 0 radical (unpaired) electrons. The number of rotatable bonds is 5. The van der Waals surface area contributed by atoms with Gasteiger partial charge in [-0.05, 0) is 25.0 Å². The van der Waals surface area contributed by atoms with Gasteiger partial charge in [-0.25, -0.2) is 4.39 Å². The summed E-state index contributed by atoms with van der Waals surface area (Å²) in [6.45, 7) is -1.52. The van der Waals surface area contributed by atoms with Crippen molar-refractivity contribution in [3.8, 4) is 0 Å². The summed E-state index contributed by atoms with van der Waals surface area (Å²) < 4.78 is 50.6. The molecule has 0 N–H and O–H groups in total. The smallest absolute Gasteiger partial charge is 0.293 e. The molecular formula is C13H13F4NO. The Morgan fingerprint density at radius 3 is 2.42 bits per heavy atom. The van der Waals surface area contributed by atoms with Crippen molar-refractivity contribution in [1.82, 2.24) is 4.90 Å². The minimum atomic E-state index is -4.35. The maximum absolute atomic E-state index is 13.4. The van der Waals surface area contributed by atoms with E-state index in [9.17, 15) is 22.4 Å². The number of ketones is 1. The normalized spacial score (nSPS) is 15.8.